The molecule has 2 aliphatic rings. The Hall–Kier alpha value is -0.690. The molecule has 7 heteroatoms. The summed E-state index contributed by atoms with van der Waals surface area (Å²) in [6.45, 7) is 1.64. The third-order valence-corrected chi connectivity index (χ3v) is 4.62. The van der Waals surface area contributed by atoms with E-state index in [9.17, 15) is 4.21 Å². The Labute approximate surface area is 101 Å². The van der Waals surface area contributed by atoms with E-state index in [2.05, 4.69) is 19.7 Å². The molecular formula is C9H14N4OS2. The van der Waals surface area contributed by atoms with E-state index in [1.54, 1.807) is 0 Å². The highest BCUT2D eigenvalue weighted by molar-refractivity contribution is 7.85. The number of aromatic amines is 1. The summed E-state index contributed by atoms with van der Waals surface area (Å²) in [6, 6.07) is 0.536. The van der Waals surface area contributed by atoms with Gasteiger partial charge < -0.3 is 4.90 Å². The first kappa shape index (κ1) is 10.5. The number of nitrogens with zero attached hydrogens (tertiary/aromatic N) is 3. The molecule has 0 bridgehead atoms. The minimum absolute atomic E-state index is 0.536. The van der Waals surface area contributed by atoms with E-state index in [1.807, 2.05) is 0 Å². The Kier molecular flexibility index (Phi) is 2.59. The summed E-state index contributed by atoms with van der Waals surface area (Å²) < 4.78 is 14.1. The second-order valence-electron chi connectivity index (χ2n) is 4.27. The van der Waals surface area contributed by atoms with Crippen molar-refractivity contribution in [2.45, 2.75) is 18.9 Å². The fourth-order valence-electron chi connectivity index (χ4n) is 2.02. The van der Waals surface area contributed by atoms with Gasteiger partial charge in [-0.25, -0.2) is 5.10 Å². The molecule has 16 heavy (non-hydrogen) atoms. The maximum Gasteiger partial charge on any atom is 0.226 e. The molecule has 0 spiro atoms. The smallest absolute Gasteiger partial charge is 0.226 e. The van der Waals surface area contributed by atoms with Crippen LogP contribution in [-0.4, -0.2) is 43.6 Å². The number of hydrogen-bond donors (Lipinski definition) is 1. The Bertz CT molecular complexity index is 466. The fraction of sp³-hybridized carbons (Fsp3) is 0.778. The van der Waals surface area contributed by atoms with Crippen LogP contribution in [0.15, 0.2) is 0 Å². The Balaban J connectivity index is 1.88. The second-order valence-corrected chi connectivity index (χ2v) is 6.35. The van der Waals surface area contributed by atoms with Crippen LogP contribution in [0.1, 0.15) is 18.9 Å². The number of H-pyrrole nitrogens is 1. The molecule has 88 valence electrons. The summed E-state index contributed by atoms with van der Waals surface area (Å²) in [5.41, 5.74) is 0. The molecule has 5 nitrogen and oxygen atoms in total. The number of nitrogens with one attached hydrogen (secondary N) is 1. The molecule has 1 aliphatic carbocycles. The maximum atomic E-state index is 11.3. The minimum Gasteiger partial charge on any atom is -0.339 e. The molecule has 1 aliphatic heterocycles. The van der Waals surface area contributed by atoms with Gasteiger partial charge in [-0.15, -0.1) is 5.10 Å². The van der Waals surface area contributed by atoms with Gasteiger partial charge in [0.1, 0.15) is 0 Å². The maximum absolute atomic E-state index is 11.3. The van der Waals surface area contributed by atoms with Crippen molar-refractivity contribution in [3.8, 4) is 0 Å². The van der Waals surface area contributed by atoms with Gasteiger partial charge in [-0.1, -0.05) is 0 Å². The largest absolute Gasteiger partial charge is 0.339 e. The van der Waals surface area contributed by atoms with Crippen molar-refractivity contribution in [1.82, 2.24) is 14.8 Å². The zero-order valence-corrected chi connectivity index (χ0v) is 10.5. The van der Waals surface area contributed by atoms with Crippen molar-refractivity contribution in [1.29, 1.82) is 0 Å². The van der Waals surface area contributed by atoms with Crippen LogP contribution in [0.4, 0.5) is 5.95 Å². The van der Waals surface area contributed by atoms with Crippen molar-refractivity contribution < 1.29 is 4.21 Å². The Morgan fingerprint density at radius 1 is 1.38 bits per heavy atom. The molecule has 1 aromatic rings. The summed E-state index contributed by atoms with van der Waals surface area (Å²) in [5, 5.41) is 7.16. The SMILES string of the molecule is O=S1CCN(c2n[nH]c(=S)n2C2CC2)CC1. The number of anilines is 1. The topological polar surface area (TPSA) is 53.9 Å². The fourth-order valence-corrected chi connectivity index (χ4v) is 3.35. The van der Waals surface area contributed by atoms with Crippen LogP contribution >= 0.6 is 12.2 Å². The van der Waals surface area contributed by atoms with Gasteiger partial charge >= 0.3 is 0 Å². The first-order valence-corrected chi connectivity index (χ1v) is 7.42. The molecule has 0 atom stereocenters. The van der Waals surface area contributed by atoms with E-state index in [-0.39, 0.29) is 0 Å². The zero-order chi connectivity index (χ0) is 11.1. The molecule has 0 unspecified atom stereocenters. The molecule has 1 N–H and O–H groups in total. The summed E-state index contributed by atoms with van der Waals surface area (Å²) >= 11 is 5.24. The predicted octanol–water partition coefficient (Wildman–Crippen LogP) is 0.844. The monoisotopic (exact) mass is 258 g/mol. The van der Waals surface area contributed by atoms with Gasteiger partial charge in [0.05, 0.1) is 0 Å². The lowest BCUT2D eigenvalue weighted by atomic mass is 10.5. The first-order valence-electron chi connectivity index (χ1n) is 5.52. The van der Waals surface area contributed by atoms with Crippen LogP contribution in [0.3, 0.4) is 0 Å². The number of aromatic nitrogens is 3. The van der Waals surface area contributed by atoms with E-state index in [1.165, 1.54) is 12.8 Å². The van der Waals surface area contributed by atoms with E-state index in [4.69, 9.17) is 12.2 Å². The van der Waals surface area contributed by atoms with E-state index >= 15 is 0 Å². The molecule has 1 saturated heterocycles. The summed E-state index contributed by atoms with van der Waals surface area (Å²) in [6.07, 6.45) is 2.39. The summed E-state index contributed by atoms with van der Waals surface area (Å²) in [4.78, 5) is 2.19. The standard InChI is InChI=1S/C9H14N4OS2/c14-16-5-3-12(4-6-16)8-10-11-9(15)13(8)7-1-2-7/h7H,1-6H2,(H,11,15). The minimum atomic E-state index is -0.645. The van der Waals surface area contributed by atoms with Crippen LogP contribution in [0, 0.1) is 4.77 Å². The van der Waals surface area contributed by atoms with Crippen LogP contribution < -0.4 is 4.90 Å². The van der Waals surface area contributed by atoms with E-state index in [0.29, 0.717) is 10.8 Å². The van der Waals surface area contributed by atoms with Crippen LogP contribution in [-0.2, 0) is 10.8 Å². The van der Waals surface area contributed by atoms with Crippen LogP contribution in [0.2, 0.25) is 0 Å². The highest BCUT2D eigenvalue weighted by atomic mass is 32.2. The van der Waals surface area contributed by atoms with E-state index < -0.39 is 10.8 Å². The zero-order valence-electron chi connectivity index (χ0n) is 8.89. The number of rotatable bonds is 2. The van der Waals surface area contributed by atoms with Gasteiger partial charge in [0.25, 0.3) is 0 Å². The van der Waals surface area contributed by atoms with Crippen molar-refractivity contribution in [3.05, 3.63) is 4.77 Å². The van der Waals surface area contributed by atoms with Gasteiger partial charge in [-0.05, 0) is 25.1 Å². The van der Waals surface area contributed by atoms with Gasteiger partial charge in [0.2, 0.25) is 5.95 Å². The highest BCUT2D eigenvalue weighted by Gasteiger charge is 2.30. The van der Waals surface area contributed by atoms with Gasteiger partial charge in [0, 0.05) is 41.4 Å². The molecule has 2 fully saturated rings. The Morgan fingerprint density at radius 3 is 2.69 bits per heavy atom. The molecule has 0 radical (unpaired) electrons. The van der Waals surface area contributed by atoms with Crippen molar-refractivity contribution >= 4 is 29.0 Å². The lowest BCUT2D eigenvalue weighted by Gasteiger charge is -2.27. The second kappa shape index (κ2) is 3.96. The predicted molar refractivity (Wildman–Crippen MR) is 65.8 cm³/mol. The van der Waals surface area contributed by atoms with Crippen molar-refractivity contribution in [2.75, 3.05) is 29.5 Å². The molecular weight excluding hydrogens is 244 g/mol. The molecule has 1 saturated carbocycles. The third-order valence-electron chi connectivity index (χ3n) is 3.06. The first-order chi connectivity index (χ1) is 7.75. The normalized spacial score (nSPS) is 22.6. The van der Waals surface area contributed by atoms with Gasteiger partial charge in [-0.3, -0.25) is 8.78 Å². The molecule has 0 aromatic carbocycles. The molecule has 1 aromatic heterocycles. The lowest BCUT2D eigenvalue weighted by molar-refractivity contribution is 0.659. The third kappa shape index (κ3) is 1.82. The summed E-state index contributed by atoms with van der Waals surface area (Å²) in [7, 11) is -0.645. The van der Waals surface area contributed by atoms with Crippen LogP contribution in [0.5, 0.6) is 0 Å². The number of hydrogen-bond acceptors (Lipinski definition) is 4. The van der Waals surface area contributed by atoms with Gasteiger partial charge in [-0.2, -0.15) is 0 Å². The Morgan fingerprint density at radius 2 is 2.06 bits per heavy atom. The van der Waals surface area contributed by atoms with Crippen molar-refractivity contribution in [2.24, 2.45) is 0 Å². The molecule has 2 heterocycles. The molecule has 3 rings (SSSR count). The summed E-state index contributed by atoms with van der Waals surface area (Å²) in [5.74, 6) is 2.42. The van der Waals surface area contributed by atoms with Gasteiger partial charge in [0.15, 0.2) is 4.77 Å². The van der Waals surface area contributed by atoms with E-state index in [0.717, 1.165) is 30.5 Å². The average molecular weight is 258 g/mol. The average Bonchev–Trinajstić information content (AvgIpc) is 3.04. The highest BCUT2D eigenvalue weighted by Crippen LogP contribution is 2.37. The molecule has 0 amide bonds. The van der Waals surface area contributed by atoms with Crippen molar-refractivity contribution in [3.63, 3.8) is 0 Å². The quantitative estimate of drug-likeness (QED) is 0.799. The lowest BCUT2D eigenvalue weighted by Crippen LogP contribution is -2.39. The van der Waals surface area contributed by atoms with Crippen LogP contribution in [0.25, 0.3) is 0 Å².